The van der Waals surface area contributed by atoms with E-state index in [0.29, 0.717) is 17.1 Å². The lowest BCUT2D eigenvalue weighted by atomic mass is 10.1. The number of thiocarbonyl (C=S) groups is 1. The lowest BCUT2D eigenvalue weighted by Crippen LogP contribution is -2.38. The summed E-state index contributed by atoms with van der Waals surface area (Å²) < 4.78 is 5.50. The van der Waals surface area contributed by atoms with Crippen LogP contribution in [-0.2, 0) is 4.74 Å². The van der Waals surface area contributed by atoms with Gasteiger partial charge in [0.05, 0.1) is 13.2 Å². The van der Waals surface area contributed by atoms with Gasteiger partial charge in [0.2, 0.25) is 5.95 Å². The number of nitrogens with one attached hydrogen (secondary N) is 2. The Morgan fingerprint density at radius 2 is 1.56 bits per heavy atom. The fraction of sp³-hybridized carbons (Fsp3) is 0.737. The summed E-state index contributed by atoms with van der Waals surface area (Å²) in [4.78, 5) is 14.2. The summed E-state index contributed by atoms with van der Waals surface area (Å²) >= 11 is 5.52. The highest BCUT2D eigenvalue weighted by Gasteiger charge is 2.20. The Balaban J connectivity index is 1.51. The zero-order valence-electron chi connectivity index (χ0n) is 16.0. The summed E-state index contributed by atoms with van der Waals surface area (Å²) in [5.41, 5.74) is 0. The first-order valence-corrected chi connectivity index (χ1v) is 10.7. The predicted molar refractivity (Wildman–Crippen MR) is 113 cm³/mol. The molecule has 2 saturated heterocycles. The number of rotatable bonds is 4. The number of piperidine rings is 1. The number of hydrogen-bond donors (Lipinski definition) is 2. The number of anilines is 3. The van der Waals surface area contributed by atoms with Crippen molar-refractivity contribution in [3.8, 4) is 0 Å². The lowest BCUT2D eigenvalue weighted by Gasteiger charge is -2.31. The molecule has 7 nitrogen and oxygen atoms in total. The third-order valence-electron chi connectivity index (χ3n) is 5.63. The van der Waals surface area contributed by atoms with Gasteiger partial charge in [-0.3, -0.25) is 0 Å². The first-order chi connectivity index (χ1) is 13.3. The van der Waals surface area contributed by atoms with Crippen LogP contribution in [0.4, 0.5) is 17.6 Å². The van der Waals surface area contributed by atoms with Crippen LogP contribution in [0.5, 0.6) is 0 Å². The molecule has 0 unspecified atom stereocenters. The van der Waals surface area contributed by atoms with Crippen molar-refractivity contribution >= 4 is 34.9 Å². The third kappa shape index (κ3) is 4.99. The molecule has 1 aliphatic carbocycles. The van der Waals surface area contributed by atoms with Gasteiger partial charge in [0.1, 0.15) is 11.6 Å². The van der Waals surface area contributed by atoms with Crippen molar-refractivity contribution in [2.75, 3.05) is 54.5 Å². The Morgan fingerprint density at radius 3 is 2.22 bits per heavy atom. The molecule has 0 aromatic carbocycles. The summed E-state index contributed by atoms with van der Waals surface area (Å²) in [6.07, 6.45) is 8.69. The normalized spacial score (nSPS) is 21.3. The van der Waals surface area contributed by atoms with E-state index < -0.39 is 0 Å². The Morgan fingerprint density at radius 1 is 0.926 bits per heavy atom. The van der Waals surface area contributed by atoms with Gasteiger partial charge < -0.3 is 25.2 Å². The Hall–Kier alpha value is -1.67. The molecule has 4 rings (SSSR count). The summed E-state index contributed by atoms with van der Waals surface area (Å²) in [7, 11) is 0. The Labute approximate surface area is 166 Å². The molecule has 0 bridgehead atoms. The van der Waals surface area contributed by atoms with E-state index >= 15 is 0 Å². The molecule has 0 amide bonds. The van der Waals surface area contributed by atoms with E-state index in [9.17, 15) is 0 Å². The van der Waals surface area contributed by atoms with Crippen molar-refractivity contribution in [1.82, 2.24) is 15.3 Å². The molecule has 1 aromatic rings. The predicted octanol–water partition coefficient (Wildman–Crippen LogP) is 2.53. The van der Waals surface area contributed by atoms with E-state index in [1.165, 1.54) is 44.9 Å². The smallest absolute Gasteiger partial charge is 0.232 e. The maximum absolute atomic E-state index is 5.52. The molecule has 1 saturated carbocycles. The van der Waals surface area contributed by atoms with Crippen LogP contribution in [0.15, 0.2) is 6.07 Å². The van der Waals surface area contributed by atoms with Crippen LogP contribution in [0.1, 0.15) is 44.9 Å². The minimum atomic E-state index is 0.481. The summed E-state index contributed by atoms with van der Waals surface area (Å²) in [5, 5.41) is 7.29. The largest absolute Gasteiger partial charge is 0.378 e. The topological polar surface area (TPSA) is 65.6 Å². The highest BCUT2D eigenvalue weighted by Crippen LogP contribution is 2.25. The Kier molecular flexibility index (Phi) is 6.24. The summed E-state index contributed by atoms with van der Waals surface area (Å²) in [6.45, 7) is 5.33. The van der Waals surface area contributed by atoms with Crippen molar-refractivity contribution in [3.05, 3.63) is 6.07 Å². The van der Waals surface area contributed by atoms with E-state index in [0.717, 1.165) is 51.0 Å². The van der Waals surface area contributed by atoms with E-state index in [2.05, 4.69) is 26.5 Å². The van der Waals surface area contributed by atoms with Crippen molar-refractivity contribution in [2.24, 2.45) is 0 Å². The third-order valence-corrected chi connectivity index (χ3v) is 5.85. The standard InChI is InChI=1S/C19H30N6OS/c27-19(20-15-6-2-3-7-15)23-18-21-16(24-8-4-1-5-9-24)14-17(22-18)25-10-12-26-13-11-25/h14-15H,1-13H2,(H2,20,21,22,23,27). The quantitative estimate of drug-likeness (QED) is 0.761. The number of morpholine rings is 1. The van der Waals surface area contributed by atoms with Crippen LogP contribution in [0, 0.1) is 0 Å². The SMILES string of the molecule is S=C(Nc1nc(N2CCCCC2)cc(N2CCOCC2)n1)NC1CCCC1. The van der Waals surface area contributed by atoms with Crippen LogP contribution < -0.4 is 20.4 Å². The molecule has 2 aliphatic heterocycles. The van der Waals surface area contributed by atoms with Crippen molar-refractivity contribution in [1.29, 1.82) is 0 Å². The molecule has 3 fully saturated rings. The zero-order chi connectivity index (χ0) is 18.5. The van der Waals surface area contributed by atoms with Crippen LogP contribution in [0.3, 0.4) is 0 Å². The minimum absolute atomic E-state index is 0.481. The second kappa shape index (κ2) is 9.01. The monoisotopic (exact) mass is 390 g/mol. The van der Waals surface area contributed by atoms with Crippen molar-refractivity contribution in [3.63, 3.8) is 0 Å². The molecule has 27 heavy (non-hydrogen) atoms. The van der Waals surface area contributed by atoms with Gasteiger partial charge >= 0.3 is 0 Å². The number of aromatic nitrogens is 2. The molecular weight excluding hydrogens is 360 g/mol. The lowest BCUT2D eigenvalue weighted by molar-refractivity contribution is 0.122. The fourth-order valence-corrected chi connectivity index (χ4v) is 4.37. The first-order valence-electron chi connectivity index (χ1n) is 10.3. The minimum Gasteiger partial charge on any atom is -0.378 e. The first kappa shape index (κ1) is 18.7. The molecule has 148 valence electrons. The molecule has 3 aliphatic rings. The average molecular weight is 391 g/mol. The molecule has 0 spiro atoms. The molecule has 0 radical (unpaired) electrons. The van der Waals surface area contributed by atoms with Gasteiger partial charge in [0, 0.05) is 38.3 Å². The number of nitrogens with zero attached hydrogens (tertiary/aromatic N) is 4. The summed E-state index contributed by atoms with van der Waals surface area (Å²) in [5.74, 6) is 2.55. The summed E-state index contributed by atoms with van der Waals surface area (Å²) in [6, 6.07) is 2.60. The van der Waals surface area contributed by atoms with Crippen LogP contribution in [-0.4, -0.2) is 60.5 Å². The van der Waals surface area contributed by atoms with Crippen LogP contribution in [0.25, 0.3) is 0 Å². The molecule has 3 heterocycles. The highest BCUT2D eigenvalue weighted by molar-refractivity contribution is 7.80. The van der Waals surface area contributed by atoms with E-state index in [1.54, 1.807) is 0 Å². The molecule has 1 aromatic heterocycles. The van der Waals surface area contributed by atoms with Gasteiger partial charge in [-0.15, -0.1) is 0 Å². The molecular formula is C19H30N6OS. The van der Waals surface area contributed by atoms with Crippen LogP contribution >= 0.6 is 12.2 Å². The highest BCUT2D eigenvalue weighted by atomic mass is 32.1. The zero-order valence-corrected chi connectivity index (χ0v) is 16.8. The second-order valence-electron chi connectivity index (χ2n) is 7.63. The molecule has 0 atom stereocenters. The van der Waals surface area contributed by atoms with Crippen molar-refractivity contribution in [2.45, 2.75) is 51.0 Å². The van der Waals surface area contributed by atoms with E-state index in [4.69, 9.17) is 26.9 Å². The van der Waals surface area contributed by atoms with Gasteiger partial charge in [0.25, 0.3) is 0 Å². The van der Waals surface area contributed by atoms with Crippen molar-refractivity contribution < 1.29 is 4.74 Å². The van der Waals surface area contributed by atoms with Gasteiger partial charge in [-0.25, -0.2) is 0 Å². The van der Waals surface area contributed by atoms with Gasteiger partial charge in [-0.05, 0) is 44.3 Å². The maximum Gasteiger partial charge on any atom is 0.232 e. The van der Waals surface area contributed by atoms with Crippen LogP contribution in [0.2, 0.25) is 0 Å². The van der Waals surface area contributed by atoms with E-state index in [1.807, 2.05) is 0 Å². The van der Waals surface area contributed by atoms with Gasteiger partial charge in [0.15, 0.2) is 5.11 Å². The maximum atomic E-state index is 5.52. The molecule has 2 N–H and O–H groups in total. The van der Waals surface area contributed by atoms with Gasteiger partial charge in [-0.2, -0.15) is 9.97 Å². The second-order valence-corrected chi connectivity index (χ2v) is 8.04. The molecule has 8 heteroatoms. The number of ether oxygens (including phenoxy) is 1. The average Bonchev–Trinajstić information content (AvgIpc) is 3.22. The fourth-order valence-electron chi connectivity index (χ4n) is 4.11. The van der Waals surface area contributed by atoms with Gasteiger partial charge in [-0.1, -0.05) is 12.8 Å². The van der Waals surface area contributed by atoms with E-state index in [-0.39, 0.29) is 0 Å². The number of hydrogen-bond acceptors (Lipinski definition) is 6. The Bertz CT molecular complexity index is 603.